The Bertz CT molecular complexity index is 945. The molecule has 1 aliphatic rings. The standard InChI is InChI=1S/C21H19N3O4S/c25-18(14-23-19(26)16-9-5-2-6-10-16)22-11-12-24-20(27)17(29-21(24)28)13-15-7-3-1-4-8-15/h1-10,13H,11-12,14H2,(H,22,25)(H,23,26)/b17-13-. The molecule has 4 amide bonds. The van der Waals surface area contributed by atoms with E-state index in [1.807, 2.05) is 30.3 Å². The molecule has 0 aromatic heterocycles. The summed E-state index contributed by atoms with van der Waals surface area (Å²) in [5.74, 6) is -1.13. The maximum atomic E-state index is 12.4. The topological polar surface area (TPSA) is 95.6 Å². The number of nitrogens with zero attached hydrogens (tertiary/aromatic N) is 1. The van der Waals surface area contributed by atoms with Crippen LogP contribution in [-0.4, -0.2) is 47.5 Å². The molecule has 2 aromatic rings. The summed E-state index contributed by atoms with van der Waals surface area (Å²) >= 11 is 0.876. The van der Waals surface area contributed by atoms with Gasteiger partial charge in [0.05, 0.1) is 11.4 Å². The van der Waals surface area contributed by atoms with Crippen LogP contribution in [0.15, 0.2) is 65.6 Å². The Hall–Kier alpha value is -3.39. The van der Waals surface area contributed by atoms with Crippen LogP contribution >= 0.6 is 11.8 Å². The highest BCUT2D eigenvalue weighted by Gasteiger charge is 2.34. The predicted molar refractivity (Wildman–Crippen MR) is 111 cm³/mol. The number of rotatable bonds is 7. The molecule has 8 heteroatoms. The van der Waals surface area contributed by atoms with Gasteiger partial charge in [0.15, 0.2) is 0 Å². The summed E-state index contributed by atoms with van der Waals surface area (Å²) in [6, 6.07) is 17.8. The molecule has 0 atom stereocenters. The molecular weight excluding hydrogens is 390 g/mol. The van der Waals surface area contributed by atoms with Gasteiger partial charge in [-0.2, -0.15) is 0 Å². The molecule has 1 saturated heterocycles. The fourth-order valence-corrected chi connectivity index (χ4v) is 3.48. The van der Waals surface area contributed by atoms with Crippen LogP contribution in [0.4, 0.5) is 4.79 Å². The van der Waals surface area contributed by atoms with Gasteiger partial charge >= 0.3 is 0 Å². The number of hydrogen-bond donors (Lipinski definition) is 2. The van der Waals surface area contributed by atoms with Crippen LogP contribution in [0, 0.1) is 0 Å². The van der Waals surface area contributed by atoms with Gasteiger partial charge in [-0.25, -0.2) is 0 Å². The van der Waals surface area contributed by atoms with Gasteiger partial charge in [-0.1, -0.05) is 48.5 Å². The minimum atomic E-state index is -0.402. The summed E-state index contributed by atoms with van der Waals surface area (Å²) in [4.78, 5) is 49.8. The molecule has 0 unspecified atom stereocenters. The van der Waals surface area contributed by atoms with Crippen LogP contribution in [0.2, 0.25) is 0 Å². The van der Waals surface area contributed by atoms with Crippen molar-refractivity contribution in [1.29, 1.82) is 0 Å². The highest BCUT2D eigenvalue weighted by atomic mass is 32.2. The Morgan fingerprint density at radius 3 is 2.28 bits per heavy atom. The van der Waals surface area contributed by atoms with E-state index in [1.54, 1.807) is 36.4 Å². The molecule has 148 valence electrons. The molecule has 0 aliphatic carbocycles. The molecule has 1 heterocycles. The second-order valence-electron chi connectivity index (χ2n) is 6.14. The van der Waals surface area contributed by atoms with Crippen molar-refractivity contribution in [1.82, 2.24) is 15.5 Å². The van der Waals surface area contributed by atoms with Crippen molar-refractivity contribution in [2.75, 3.05) is 19.6 Å². The molecule has 7 nitrogen and oxygen atoms in total. The highest BCUT2D eigenvalue weighted by molar-refractivity contribution is 8.18. The first-order chi connectivity index (χ1) is 14.0. The molecule has 1 fully saturated rings. The largest absolute Gasteiger partial charge is 0.353 e. The molecule has 2 aromatic carbocycles. The first-order valence-electron chi connectivity index (χ1n) is 8.95. The zero-order valence-corrected chi connectivity index (χ0v) is 16.3. The molecule has 1 aliphatic heterocycles. The van der Waals surface area contributed by atoms with Crippen molar-refractivity contribution in [3.63, 3.8) is 0 Å². The minimum absolute atomic E-state index is 0.0647. The fourth-order valence-electron chi connectivity index (χ4n) is 2.62. The molecule has 0 bridgehead atoms. The highest BCUT2D eigenvalue weighted by Crippen LogP contribution is 2.31. The zero-order chi connectivity index (χ0) is 20.6. The van der Waals surface area contributed by atoms with Gasteiger partial charge in [0, 0.05) is 18.7 Å². The number of carbonyl (C=O) groups is 4. The summed E-state index contributed by atoms with van der Waals surface area (Å²) in [5.41, 5.74) is 1.30. The van der Waals surface area contributed by atoms with Crippen LogP contribution < -0.4 is 10.6 Å². The van der Waals surface area contributed by atoms with Gasteiger partial charge in [-0.15, -0.1) is 0 Å². The molecular formula is C21H19N3O4S. The Balaban J connectivity index is 1.44. The van der Waals surface area contributed by atoms with E-state index in [9.17, 15) is 19.2 Å². The van der Waals surface area contributed by atoms with Crippen molar-refractivity contribution in [2.24, 2.45) is 0 Å². The molecule has 29 heavy (non-hydrogen) atoms. The molecule has 0 radical (unpaired) electrons. The van der Waals surface area contributed by atoms with Gasteiger partial charge in [-0.3, -0.25) is 24.1 Å². The third-order valence-electron chi connectivity index (χ3n) is 4.07. The Morgan fingerprint density at radius 2 is 1.59 bits per heavy atom. The first-order valence-corrected chi connectivity index (χ1v) is 9.76. The zero-order valence-electron chi connectivity index (χ0n) is 15.5. The van der Waals surface area contributed by atoms with Crippen molar-refractivity contribution >= 4 is 40.8 Å². The lowest BCUT2D eigenvalue weighted by atomic mass is 10.2. The van der Waals surface area contributed by atoms with E-state index in [0.717, 1.165) is 22.2 Å². The van der Waals surface area contributed by atoms with Gasteiger partial charge in [-0.05, 0) is 35.5 Å². The smallest absolute Gasteiger partial charge is 0.293 e. The van der Waals surface area contributed by atoms with Gasteiger partial charge in [0.1, 0.15) is 0 Å². The molecule has 0 spiro atoms. The van der Waals surface area contributed by atoms with E-state index in [1.165, 1.54) is 0 Å². The lowest BCUT2D eigenvalue weighted by molar-refractivity contribution is -0.124. The number of imide groups is 1. The second-order valence-corrected chi connectivity index (χ2v) is 7.14. The Labute approximate surface area is 172 Å². The third kappa shape index (κ3) is 5.55. The maximum absolute atomic E-state index is 12.4. The maximum Gasteiger partial charge on any atom is 0.293 e. The summed E-state index contributed by atoms with van der Waals surface area (Å²) in [5, 5.41) is 4.74. The van der Waals surface area contributed by atoms with Gasteiger partial charge in [0.25, 0.3) is 17.1 Å². The third-order valence-corrected chi connectivity index (χ3v) is 4.98. The minimum Gasteiger partial charge on any atom is -0.353 e. The van der Waals surface area contributed by atoms with E-state index in [2.05, 4.69) is 10.6 Å². The summed E-state index contributed by atoms with van der Waals surface area (Å²) in [6.07, 6.45) is 1.67. The molecule has 2 N–H and O–H groups in total. The van der Waals surface area contributed by atoms with E-state index in [-0.39, 0.29) is 36.7 Å². The quantitative estimate of drug-likeness (QED) is 0.684. The van der Waals surface area contributed by atoms with Crippen LogP contribution in [0.3, 0.4) is 0 Å². The summed E-state index contributed by atoms with van der Waals surface area (Å²) < 4.78 is 0. The van der Waals surface area contributed by atoms with E-state index in [4.69, 9.17) is 0 Å². The summed E-state index contributed by atoms with van der Waals surface area (Å²) in [7, 11) is 0. The van der Waals surface area contributed by atoms with E-state index < -0.39 is 5.91 Å². The number of nitrogens with one attached hydrogen (secondary N) is 2. The average Bonchev–Trinajstić information content (AvgIpc) is 3.00. The fraction of sp³-hybridized carbons (Fsp3) is 0.143. The molecule has 3 rings (SSSR count). The van der Waals surface area contributed by atoms with Crippen LogP contribution in [0.5, 0.6) is 0 Å². The van der Waals surface area contributed by atoms with Crippen LogP contribution in [0.25, 0.3) is 6.08 Å². The van der Waals surface area contributed by atoms with Crippen molar-refractivity contribution < 1.29 is 19.2 Å². The normalized spacial score (nSPS) is 14.9. The lowest BCUT2D eigenvalue weighted by Gasteiger charge is -2.13. The predicted octanol–water partition coefficient (Wildman–Crippen LogP) is 2.27. The average molecular weight is 409 g/mol. The number of hydrogen-bond acceptors (Lipinski definition) is 5. The van der Waals surface area contributed by atoms with Gasteiger partial charge in [0.2, 0.25) is 5.91 Å². The van der Waals surface area contributed by atoms with Gasteiger partial charge < -0.3 is 10.6 Å². The monoisotopic (exact) mass is 409 g/mol. The van der Waals surface area contributed by atoms with E-state index >= 15 is 0 Å². The number of amides is 4. The SMILES string of the molecule is O=C(CNC(=O)c1ccccc1)NCCN1C(=O)S/C(=C\c2ccccc2)C1=O. The summed E-state index contributed by atoms with van der Waals surface area (Å²) in [6.45, 7) is -0.0185. The van der Waals surface area contributed by atoms with E-state index in [0.29, 0.717) is 10.5 Å². The van der Waals surface area contributed by atoms with Crippen molar-refractivity contribution in [3.8, 4) is 0 Å². The lowest BCUT2D eigenvalue weighted by Crippen LogP contribution is -2.41. The van der Waals surface area contributed by atoms with Crippen LogP contribution in [0.1, 0.15) is 15.9 Å². The number of benzene rings is 2. The number of carbonyl (C=O) groups excluding carboxylic acids is 4. The van der Waals surface area contributed by atoms with Crippen molar-refractivity contribution in [2.45, 2.75) is 0 Å². The van der Waals surface area contributed by atoms with Crippen LogP contribution in [-0.2, 0) is 9.59 Å². The Kier molecular flexibility index (Phi) is 6.80. The second kappa shape index (κ2) is 9.70. The molecule has 0 saturated carbocycles. The Morgan fingerprint density at radius 1 is 0.931 bits per heavy atom. The number of thioether (sulfide) groups is 1. The van der Waals surface area contributed by atoms with Crippen molar-refractivity contribution in [3.05, 3.63) is 76.7 Å². The first kappa shape index (κ1) is 20.3.